The zero-order valence-corrected chi connectivity index (χ0v) is 29.6. The predicted molar refractivity (Wildman–Crippen MR) is 220 cm³/mol. The number of rotatable bonds is 4. The number of hydrogen-bond acceptors (Lipinski definition) is 3. The van der Waals surface area contributed by atoms with Gasteiger partial charge in [-0.3, -0.25) is 0 Å². The second-order valence-electron chi connectivity index (χ2n) is 14.1. The minimum absolute atomic E-state index is 0.890. The van der Waals surface area contributed by atoms with E-state index in [1.807, 2.05) is 18.2 Å². The van der Waals surface area contributed by atoms with Crippen molar-refractivity contribution in [2.24, 2.45) is 0 Å². The molecule has 0 amide bonds. The van der Waals surface area contributed by atoms with Gasteiger partial charge in [-0.05, 0) is 107 Å². The summed E-state index contributed by atoms with van der Waals surface area (Å²) in [7, 11) is -1.33. The topological polar surface area (TPSA) is 29.5 Å². The molecule has 0 N–H and O–H groups in total. The van der Waals surface area contributed by atoms with E-state index >= 15 is 0 Å². The molecule has 1 aliphatic rings. The molecular formula is C48H33NO2S. The molecule has 8 aromatic carbocycles. The van der Waals surface area contributed by atoms with Crippen LogP contribution in [0.3, 0.4) is 0 Å². The number of fused-ring (bicyclic) bond motifs is 11. The van der Waals surface area contributed by atoms with Gasteiger partial charge < -0.3 is 13.7 Å². The lowest BCUT2D eigenvalue weighted by Gasteiger charge is -2.31. The van der Waals surface area contributed by atoms with E-state index in [-0.39, 0.29) is 0 Å². The highest BCUT2D eigenvalue weighted by atomic mass is 32.3. The Morgan fingerprint density at radius 2 is 1.06 bits per heavy atom. The molecule has 0 fully saturated rings. The molecule has 248 valence electrons. The van der Waals surface area contributed by atoms with Crippen LogP contribution in [-0.4, -0.2) is 12.5 Å². The van der Waals surface area contributed by atoms with Crippen molar-refractivity contribution in [2.75, 3.05) is 17.4 Å². The third-order valence-electron chi connectivity index (χ3n) is 10.9. The first-order chi connectivity index (χ1) is 25.5. The van der Waals surface area contributed by atoms with Gasteiger partial charge in [-0.25, -0.2) is 0 Å². The van der Waals surface area contributed by atoms with Crippen molar-refractivity contribution < 1.29 is 8.83 Å². The van der Waals surface area contributed by atoms with Crippen LogP contribution in [-0.2, 0) is 0 Å². The zero-order valence-electron chi connectivity index (χ0n) is 28.8. The Balaban J connectivity index is 1.10. The summed E-state index contributed by atoms with van der Waals surface area (Å²) in [5.41, 5.74) is 12.0. The van der Waals surface area contributed by atoms with Crippen LogP contribution in [0.25, 0.3) is 76.9 Å². The molecule has 0 spiro atoms. The number of benzene rings is 8. The molecule has 1 aliphatic heterocycles. The van der Waals surface area contributed by atoms with Crippen LogP contribution in [0.15, 0.2) is 182 Å². The maximum Gasteiger partial charge on any atom is 0.144 e. The van der Waals surface area contributed by atoms with Crippen molar-refractivity contribution in [2.45, 2.75) is 9.79 Å². The van der Waals surface area contributed by atoms with Gasteiger partial charge in [-0.1, -0.05) is 97.1 Å². The van der Waals surface area contributed by atoms with Crippen molar-refractivity contribution >= 4 is 81.7 Å². The molecule has 11 rings (SSSR count). The van der Waals surface area contributed by atoms with Crippen LogP contribution in [0, 0.1) is 0 Å². The quantitative estimate of drug-likeness (QED) is 0.184. The summed E-state index contributed by atoms with van der Waals surface area (Å²) in [6.45, 7) is 0. The Bertz CT molecular complexity index is 3050. The average Bonchev–Trinajstić information content (AvgIpc) is 3.82. The van der Waals surface area contributed by atoms with E-state index < -0.39 is 10.0 Å². The van der Waals surface area contributed by atoms with E-state index in [2.05, 4.69) is 163 Å². The summed E-state index contributed by atoms with van der Waals surface area (Å²) in [5.74, 6) is 0. The lowest BCUT2D eigenvalue weighted by molar-refractivity contribution is 0.668. The van der Waals surface area contributed by atoms with Gasteiger partial charge in [0.05, 0.1) is 0 Å². The third kappa shape index (κ3) is 4.22. The van der Waals surface area contributed by atoms with Crippen LogP contribution in [0.4, 0.5) is 17.1 Å². The third-order valence-corrected chi connectivity index (χ3v) is 13.8. The summed E-state index contributed by atoms with van der Waals surface area (Å²) in [4.78, 5) is 5.15. The largest absolute Gasteiger partial charge is 0.456 e. The maximum absolute atomic E-state index is 6.60. The van der Waals surface area contributed by atoms with Crippen molar-refractivity contribution in [3.8, 4) is 22.3 Å². The molecule has 0 saturated heterocycles. The molecule has 0 bridgehead atoms. The van der Waals surface area contributed by atoms with Crippen molar-refractivity contribution in [1.82, 2.24) is 0 Å². The fourth-order valence-corrected chi connectivity index (χ4v) is 10.9. The highest BCUT2D eigenvalue weighted by molar-refractivity contribution is 8.33. The van der Waals surface area contributed by atoms with Gasteiger partial charge >= 0.3 is 0 Å². The Kier molecular flexibility index (Phi) is 6.17. The van der Waals surface area contributed by atoms with Gasteiger partial charge in [0.1, 0.15) is 22.3 Å². The lowest BCUT2D eigenvalue weighted by Crippen LogP contribution is -2.10. The van der Waals surface area contributed by atoms with Gasteiger partial charge in [0.2, 0.25) is 0 Å². The van der Waals surface area contributed by atoms with E-state index in [0.717, 1.165) is 50.2 Å². The molecule has 52 heavy (non-hydrogen) atoms. The smallest absolute Gasteiger partial charge is 0.144 e. The van der Waals surface area contributed by atoms with E-state index in [1.165, 1.54) is 53.6 Å². The first-order valence-corrected chi connectivity index (χ1v) is 20.1. The fourth-order valence-electron chi connectivity index (χ4n) is 8.42. The fraction of sp³-hybridized carbons (Fsp3) is 0.0417. The standard InChI is InChI=1S/C48H33NO2S/c1-52(2)45-27-25-39-37-13-5-8-17-43(37)51-48(39)47(45)40-24-22-34(29-46(40)52)49(33-23-26-44-41(28-33)38-14-6-7-16-42(38)50-44)32-20-18-31(19-21-32)36-15-9-11-30-10-3-4-12-35(30)36/h3-29H,1-2H3. The van der Waals surface area contributed by atoms with E-state index in [1.54, 1.807) is 0 Å². The first-order valence-electron chi connectivity index (χ1n) is 17.6. The van der Waals surface area contributed by atoms with Crippen LogP contribution in [0.1, 0.15) is 0 Å². The first kappa shape index (κ1) is 29.5. The number of para-hydroxylation sites is 2. The second kappa shape index (κ2) is 10.9. The Morgan fingerprint density at radius 1 is 0.423 bits per heavy atom. The van der Waals surface area contributed by atoms with Gasteiger partial charge in [-0.15, -0.1) is 0 Å². The Labute approximate surface area is 302 Å². The Morgan fingerprint density at radius 3 is 1.88 bits per heavy atom. The summed E-state index contributed by atoms with van der Waals surface area (Å²) in [5, 5.41) is 7.07. The molecular weight excluding hydrogens is 655 g/mol. The normalized spacial score (nSPS) is 14.0. The summed E-state index contributed by atoms with van der Waals surface area (Å²) in [6.07, 6.45) is 4.84. The van der Waals surface area contributed by atoms with Crippen molar-refractivity contribution in [1.29, 1.82) is 0 Å². The molecule has 0 saturated carbocycles. The second-order valence-corrected chi connectivity index (χ2v) is 17.6. The molecule has 3 nitrogen and oxygen atoms in total. The number of anilines is 3. The number of nitrogens with zero attached hydrogens (tertiary/aromatic N) is 1. The SMILES string of the molecule is CS1(C)c2cc(N(c3ccc(-c4cccc5ccccc45)cc3)c3ccc4oc5ccccc5c4c3)ccc2-c2c1ccc1c2oc2ccccc21. The maximum atomic E-state index is 6.60. The van der Waals surface area contributed by atoms with Crippen LogP contribution in [0.2, 0.25) is 0 Å². The average molecular weight is 688 g/mol. The highest BCUT2D eigenvalue weighted by Gasteiger charge is 2.35. The van der Waals surface area contributed by atoms with Crippen LogP contribution < -0.4 is 4.90 Å². The molecule has 0 aliphatic carbocycles. The van der Waals surface area contributed by atoms with Gasteiger partial charge in [-0.2, -0.15) is 10.0 Å². The van der Waals surface area contributed by atoms with Crippen molar-refractivity contribution in [3.63, 3.8) is 0 Å². The molecule has 4 heteroatoms. The minimum atomic E-state index is -1.33. The molecule has 0 unspecified atom stereocenters. The van der Waals surface area contributed by atoms with Crippen molar-refractivity contribution in [3.05, 3.63) is 164 Å². The number of hydrogen-bond donors (Lipinski definition) is 0. The molecule has 0 radical (unpaired) electrons. The molecule has 10 aromatic rings. The molecule has 0 atom stereocenters. The number of furan rings is 2. The van der Waals surface area contributed by atoms with Crippen LogP contribution >= 0.6 is 10.0 Å². The minimum Gasteiger partial charge on any atom is -0.456 e. The monoisotopic (exact) mass is 687 g/mol. The summed E-state index contributed by atoms with van der Waals surface area (Å²) >= 11 is 0. The molecule has 3 heterocycles. The Hall–Kier alpha value is -6.23. The lowest BCUT2D eigenvalue weighted by atomic mass is 9.98. The van der Waals surface area contributed by atoms with Gasteiger partial charge in [0.25, 0.3) is 0 Å². The highest BCUT2D eigenvalue weighted by Crippen LogP contribution is 2.69. The van der Waals surface area contributed by atoms with E-state index in [9.17, 15) is 0 Å². The predicted octanol–water partition coefficient (Wildman–Crippen LogP) is 14.2. The van der Waals surface area contributed by atoms with Gasteiger partial charge in [0, 0.05) is 54.0 Å². The van der Waals surface area contributed by atoms with E-state index in [0.29, 0.717) is 0 Å². The molecule has 2 aromatic heterocycles. The van der Waals surface area contributed by atoms with Crippen LogP contribution in [0.5, 0.6) is 0 Å². The summed E-state index contributed by atoms with van der Waals surface area (Å²) < 4.78 is 12.9. The van der Waals surface area contributed by atoms with E-state index in [4.69, 9.17) is 8.83 Å². The zero-order chi connectivity index (χ0) is 34.6. The summed E-state index contributed by atoms with van der Waals surface area (Å²) in [6, 6.07) is 59.0. The van der Waals surface area contributed by atoms with Gasteiger partial charge in [0.15, 0.2) is 0 Å².